The topological polar surface area (TPSA) is 36.3 Å². The number of nitriles is 1. The number of ether oxygens (including phenoxy) is 1. The molecule has 0 aromatic heterocycles. The van der Waals surface area contributed by atoms with Crippen LogP contribution in [0.5, 0.6) is 0 Å². The van der Waals surface area contributed by atoms with Crippen LogP contribution in [0.15, 0.2) is 0 Å². The SMILES string of the molecule is CCC1CCC(C#N)C(N(C)CC2CCCOC2)C1. The van der Waals surface area contributed by atoms with Crippen molar-refractivity contribution in [2.24, 2.45) is 17.8 Å². The fourth-order valence-electron chi connectivity index (χ4n) is 3.73. The van der Waals surface area contributed by atoms with Crippen molar-refractivity contribution in [3.63, 3.8) is 0 Å². The van der Waals surface area contributed by atoms with Gasteiger partial charge in [-0.1, -0.05) is 13.3 Å². The number of hydrogen-bond acceptors (Lipinski definition) is 3. The fourth-order valence-corrected chi connectivity index (χ4v) is 3.73. The van der Waals surface area contributed by atoms with Crippen LogP contribution < -0.4 is 0 Å². The van der Waals surface area contributed by atoms with E-state index in [0.29, 0.717) is 12.0 Å². The Hall–Kier alpha value is -0.590. The zero-order valence-electron chi connectivity index (χ0n) is 12.5. The lowest BCUT2D eigenvalue weighted by Gasteiger charge is -2.40. The van der Waals surface area contributed by atoms with Gasteiger partial charge in [-0.3, -0.25) is 0 Å². The maximum atomic E-state index is 9.37. The van der Waals surface area contributed by atoms with E-state index in [0.717, 1.165) is 32.1 Å². The molecule has 0 aromatic carbocycles. The molecule has 0 amide bonds. The molecule has 0 bridgehead atoms. The lowest BCUT2D eigenvalue weighted by Crippen LogP contribution is -2.44. The molecule has 1 aliphatic heterocycles. The minimum Gasteiger partial charge on any atom is -0.381 e. The van der Waals surface area contributed by atoms with Crippen molar-refractivity contribution in [2.45, 2.75) is 51.5 Å². The summed E-state index contributed by atoms with van der Waals surface area (Å²) < 4.78 is 5.57. The van der Waals surface area contributed by atoms with E-state index in [2.05, 4.69) is 24.9 Å². The monoisotopic (exact) mass is 264 g/mol. The summed E-state index contributed by atoms with van der Waals surface area (Å²) in [7, 11) is 2.21. The molecule has 0 aromatic rings. The van der Waals surface area contributed by atoms with Crippen molar-refractivity contribution in [3.8, 4) is 6.07 Å². The first-order chi connectivity index (χ1) is 9.24. The minimum absolute atomic E-state index is 0.234. The maximum absolute atomic E-state index is 9.37. The van der Waals surface area contributed by atoms with Crippen LogP contribution in [0.2, 0.25) is 0 Å². The Kier molecular flexibility index (Phi) is 5.66. The highest BCUT2D eigenvalue weighted by Gasteiger charge is 2.33. The molecule has 0 N–H and O–H groups in total. The van der Waals surface area contributed by atoms with Crippen LogP contribution in [-0.4, -0.2) is 37.7 Å². The largest absolute Gasteiger partial charge is 0.381 e. The molecule has 0 spiro atoms. The van der Waals surface area contributed by atoms with Crippen molar-refractivity contribution in [3.05, 3.63) is 0 Å². The molecule has 108 valence electrons. The average Bonchev–Trinajstić information content (AvgIpc) is 2.47. The van der Waals surface area contributed by atoms with E-state index in [9.17, 15) is 5.26 Å². The molecule has 2 aliphatic rings. The Labute approximate surface area is 117 Å². The van der Waals surface area contributed by atoms with E-state index in [-0.39, 0.29) is 5.92 Å². The number of nitrogens with zero attached hydrogens (tertiary/aromatic N) is 2. The fraction of sp³-hybridized carbons (Fsp3) is 0.938. The lowest BCUT2D eigenvalue weighted by molar-refractivity contribution is 0.0257. The normalized spacial score (nSPS) is 36.1. The van der Waals surface area contributed by atoms with Gasteiger partial charge in [-0.2, -0.15) is 5.26 Å². The molecule has 4 atom stereocenters. The van der Waals surface area contributed by atoms with Crippen molar-refractivity contribution in [1.29, 1.82) is 5.26 Å². The third-order valence-electron chi connectivity index (χ3n) is 5.04. The second-order valence-electron chi connectivity index (χ2n) is 6.41. The molecular formula is C16H28N2O. The van der Waals surface area contributed by atoms with Gasteiger partial charge in [-0.05, 0) is 51.0 Å². The van der Waals surface area contributed by atoms with Gasteiger partial charge < -0.3 is 9.64 Å². The highest BCUT2D eigenvalue weighted by molar-refractivity contribution is 4.97. The van der Waals surface area contributed by atoms with Gasteiger partial charge in [0.2, 0.25) is 0 Å². The van der Waals surface area contributed by atoms with Gasteiger partial charge in [0, 0.05) is 19.2 Å². The Morgan fingerprint density at radius 1 is 1.26 bits per heavy atom. The number of rotatable bonds is 4. The Balaban J connectivity index is 1.90. The maximum Gasteiger partial charge on any atom is 0.0672 e. The molecule has 1 aliphatic carbocycles. The van der Waals surface area contributed by atoms with Gasteiger partial charge in [-0.25, -0.2) is 0 Å². The zero-order chi connectivity index (χ0) is 13.7. The van der Waals surface area contributed by atoms with Crippen LogP contribution in [0.3, 0.4) is 0 Å². The third kappa shape index (κ3) is 3.94. The quantitative estimate of drug-likeness (QED) is 0.783. The van der Waals surface area contributed by atoms with E-state index in [1.165, 1.54) is 32.1 Å². The van der Waals surface area contributed by atoms with Gasteiger partial charge in [-0.15, -0.1) is 0 Å². The van der Waals surface area contributed by atoms with E-state index in [1.54, 1.807) is 0 Å². The molecule has 2 fully saturated rings. The minimum atomic E-state index is 0.234. The predicted octanol–water partition coefficient (Wildman–Crippen LogP) is 3.06. The highest BCUT2D eigenvalue weighted by Crippen LogP contribution is 2.33. The zero-order valence-corrected chi connectivity index (χ0v) is 12.5. The van der Waals surface area contributed by atoms with Crippen LogP contribution in [0.25, 0.3) is 0 Å². The van der Waals surface area contributed by atoms with Crippen LogP contribution >= 0.6 is 0 Å². The molecule has 19 heavy (non-hydrogen) atoms. The molecule has 3 nitrogen and oxygen atoms in total. The first kappa shape index (κ1) is 14.8. The van der Waals surface area contributed by atoms with E-state index >= 15 is 0 Å². The first-order valence-corrected chi connectivity index (χ1v) is 7.92. The molecule has 1 heterocycles. The predicted molar refractivity (Wildman–Crippen MR) is 76.7 cm³/mol. The first-order valence-electron chi connectivity index (χ1n) is 7.92. The second-order valence-corrected chi connectivity index (χ2v) is 6.41. The molecule has 0 radical (unpaired) electrons. The van der Waals surface area contributed by atoms with Gasteiger partial charge in [0.25, 0.3) is 0 Å². The van der Waals surface area contributed by atoms with Crippen LogP contribution in [0.4, 0.5) is 0 Å². The summed E-state index contributed by atoms with van der Waals surface area (Å²) in [6.07, 6.45) is 7.28. The van der Waals surface area contributed by atoms with E-state index < -0.39 is 0 Å². The van der Waals surface area contributed by atoms with Crippen molar-refractivity contribution in [1.82, 2.24) is 4.90 Å². The standard InChI is InChI=1S/C16H28N2O/c1-3-13-6-7-15(10-17)16(9-13)18(2)11-14-5-4-8-19-12-14/h13-16H,3-9,11-12H2,1-2H3. The summed E-state index contributed by atoms with van der Waals surface area (Å²) in [4.78, 5) is 2.45. The van der Waals surface area contributed by atoms with Crippen LogP contribution in [0.1, 0.15) is 45.4 Å². The van der Waals surface area contributed by atoms with Gasteiger partial charge in [0.15, 0.2) is 0 Å². The van der Waals surface area contributed by atoms with Gasteiger partial charge >= 0.3 is 0 Å². The molecule has 3 heteroatoms. The van der Waals surface area contributed by atoms with E-state index in [4.69, 9.17) is 4.74 Å². The smallest absolute Gasteiger partial charge is 0.0672 e. The van der Waals surface area contributed by atoms with Gasteiger partial charge in [0.1, 0.15) is 0 Å². The Bertz CT molecular complexity index is 306. The van der Waals surface area contributed by atoms with Crippen LogP contribution in [0, 0.1) is 29.1 Å². The second kappa shape index (κ2) is 7.26. The van der Waals surface area contributed by atoms with Crippen molar-refractivity contribution in [2.75, 3.05) is 26.8 Å². The lowest BCUT2D eigenvalue weighted by atomic mass is 9.77. The Morgan fingerprint density at radius 3 is 2.74 bits per heavy atom. The molecule has 2 rings (SSSR count). The van der Waals surface area contributed by atoms with E-state index in [1.807, 2.05) is 0 Å². The summed E-state index contributed by atoms with van der Waals surface area (Å²) in [6.45, 7) is 5.22. The molecule has 4 unspecified atom stereocenters. The average molecular weight is 264 g/mol. The highest BCUT2D eigenvalue weighted by atomic mass is 16.5. The summed E-state index contributed by atoms with van der Waals surface area (Å²) in [5, 5.41) is 9.37. The molecular weight excluding hydrogens is 236 g/mol. The summed E-state index contributed by atoms with van der Waals surface area (Å²) >= 11 is 0. The Morgan fingerprint density at radius 2 is 2.11 bits per heavy atom. The molecule has 1 saturated carbocycles. The van der Waals surface area contributed by atoms with Crippen LogP contribution in [-0.2, 0) is 4.74 Å². The summed E-state index contributed by atoms with van der Waals surface area (Å²) in [6, 6.07) is 3.01. The van der Waals surface area contributed by atoms with Crippen molar-refractivity contribution >= 4 is 0 Å². The summed E-state index contributed by atoms with van der Waals surface area (Å²) in [5.74, 6) is 1.72. The van der Waals surface area contributed by atoms with Gasteiger partial charge in [0.05, 0.1) is 18.6 Å². The third-order valence-corrected chi connectivity index (χ3v) is 5.04. The number of hydrogen-bond donors (Lipinski definition) is 0. The summed E-state index contributed by atoms with van der Waals surface area (Å²) in [5.41, 5.74) is 0. The molecule has 1 saturated heterocycles. The van der Waals surface area contributed by atoms with Crippen molar-refractivity contribution < 1.29 is 4.74 Å².